The van der Waals surface area contributed by atoms with Gasteiger partial charge in [0.1, 0.15) is 18.1 Å². The fourth-order valence-corrected chi connectivity index (χ4v) is 2.61. The van der Waals surface area contributed by atoms with Crippen LogP contribution in [-0.4, -0.2) is 11.1 Å². The van der Waals surface area contributed by atoms with Crippen LogP contribution in [0.1, 0.15) is 17.5 Å². The van der Waals surface area contributed by atoms with Gasteiger partial charge in [0.15, 0.2) is 11.6 Å². The maximum Gasteiger partial charge on any atom is 0.303 e. The Balaban J connectivity index is 1.67. The van der Waals surface area contributed by atoms with Crippen molar-refractivity contribution in [2.24, 2.45) is 0 Å². The third-order valence-corrected chi connectivity index (χ3v) is 3.94. The van der Waals surface area contributed by atoms with Crippen molar-refractivity contribution >= 4 is 5.97 Å². The summed E-state index contributed by atoms with van der Waals surface area (Å²) in [6, 6.07) is 20.8. The second-order valence-electron chi connectivity index (χ2n) is 5.97. The first-order valence-corrected chi connectivity index (χ1v) is 8.55. The molecule has 0 unspecified atom stereocenters. The van der Waals surface area contributed by atoms with E-state index in [-0.39, 0.29) is 12.2 Å². The summed E-state index contributed by atoms with van der Waals surface area (Å²) in [4.78, 5) is 10.8. The summed E-state index contributed by atoms with van der Waals surface area (Å²) in [5, 5.41) is 8.86. The largest absolute Gasteiger partial charge is 0.489 e. The fraction of sp³-hybridized carbons (Fsp3) is 0.136. The summed E-state index contributed by atoms with van der Waals surface area (Å²) in [6.07, 6.45) is 0.453. The highest BCUT2D eigenvalue weighted by Gasteiger charge is 2.07. The highest BCUT2D eigenvalue weighted by Crippen LogP contribution is 2.26. The standard InChI is InChI=1S/C22H19FO4/c23-19-9-2-4-11-21(19)27-18-8-5-6-16(14-18)15-26-20-10-3-1-7-17(20)12-13-22(24)25/h1-11,14H,12-13,15H2,(H,24,25). The molecule has 3 aromatic carbocycles. The van der Waals surface area contributed by atoms with Gasteiger partial charge in [0.2, 0.25) is 0 Å². The second kappa shape index (κ2) is 8.85. The van der Waals surface area contributed by atoms with E-state index in [0.29, 0.717) is 24.5 Å². The molecule has 1 N–H and O–H groups in total. The van der Waals surface area contributed by atoms with Crippen molar-refractivity contribution in [1.82, 2.24) is 0 Å². The third-order valence-electron chi connectivity index (χ3n) is 3.94. The van der Waals surface area contributed by atoms with Crippen molar-refractivity contribution < 1.29 is 23.8 Å². The van der Waals surface area contributed by atoms with Crippen molar-refractivity contribution in [3.63, 3.8) is 0 Å². The lowest BCUT2D eigenvalue weighted by molar-refractivity contribution is -0.136. The molecule has 0 aliphatic heterocycles. The van der Waals surface area contributed by atoms with Gasteiger partial charge in [-0.15, -0.1) is 0 Å². The Kier molecular flexibility index (Phi) is 6.05. The van der Waals surface area contributed by atoms with Crippen molar-refractivity contribution in [3.05, 3.63) is 89.7 Å². The van der Waals surface area contributed by atoms with Gasteiger partial charge in [-0.1, -0.05) is 42.5 Å². The lowest BCUT2D eigenvalue weighted by Crippen LogP contribution is -2.02. The van der Waals surface area contributed by atoms with E-state index in [0.717, 1.165) is 11.1 Å². The van der Waals surface area contributed by atoms with Crippen molar-refractivity contribution in [2.75, 3.05) is 0 Å². The van der Waals surface area contributed by atoms with E-state index in [2.05, 4.69) is 0 Å². The molecule has 0 aliphatic carbocycles. The minimum Gasteiger partial charge on any atom is -0.489 e. The van der Waals surface area contributed by atoms with Crippen LogP contribution in [0.3, 0.4) is 0 Å². The average molecular weight is 366 g/mol. The van der Waals surface area contributed by atoms with E-state index in [1.54, 1.807) is 30.3 Å². The van der Waals surface area contributed by atoms with Crippen LogP contribution in [0.5, 0.6) is 17.2 Å². The number of halogens is 1. The van der Waals surface area contributed by atoms with Crippen LogP contribution < -0.4 is 9.47 Å². The van der Waals surface area contributed by atoms with E-state index in [9.17, 15) is 9.18 Å². The zero-order chi connectivity index (χ0) is 19.1. The number of hydrogen-bond donors (Lipinski definition) is 1. The predicted octanol–water partition coefficient (Wildman–Crippen LogP) is 5.21. The van der Waals surface area contributed by atoms with Crippen LogP contribution in [0.4, 0.5) is 4.39 Å². The minimum atomic E-state index is -0.845. The Morgan fingerprint density at radius 1 is 0.926 bits per heavy atom. The number of hydrogen-bond acceptors (Lipinski definition) is 3. The molecule has 0 fully saturated rings. The number of aliphatic carboxylic acids is 1. The number of rotatable bonds is 8. The molecule has 4 nitrogen and oxygen atoms in total. The first-order chi connectivity index (χ1) is 13.1. The number of para-hydroxylation sites is 2. The van der Waals surface area contributed by atoms with Gasteiger partial charge in [-0.05, 0) is 47.9 Å². The van der Waals surface area contributed by atoms with Crippen LogP contribution >= 0.6 is 0 Å². The zero-order valence-electron chi connectivity index (χ0n) is 14.6. The predicted molar refractivity (Wildman–Crippen MR) is 99.6 cm³/mol. The number of carbonyl (C=O) groups is 1. The average Bonchev–Trinajstić information content (AvgIpc) is 2.67. The Labute approximate surface area is 156 Å². The van der Waals surface area contributed by atoms with Gasteiger partial charge in [-0.25, -0.2) is 4.39 Å². The van der Waals surface area contributed by atoms with Gasteiger partial charge in [0.25, 0.3) is 0 Å². The van der Waals surface area contributed by atoms with Crippen molar-refractivity contribution in [3.8, 4) is 17.2 Å². The number of ether oxygens (including phenoxy) is 2. The van der Waals surface area contributed by atoms with Gasteiger partial charge in [-0.2, -0.15) is 0 Å². The summed E-state index contributed by atoms with van der Waals surface area (Å²) in [6.45, 7) is 0.290. The minimum absolute atomic E-state index is 0.0480. The van der Waals surface area contributed by atoms with E-state index < -0.39 is 11.8 Å². The normalized spacial score (nSPS) is 10.4. The van der Waals surface area contributed by atoms with Crippen LogP contribution in [0, 0.1) is 5.82 Å². The summed E-state index contributed by atoms with van der Waals surface area (Å²) < 4.78 is 25.2. The lowest BCUT2D eigenvalue weighted by Gasteiger charge is -2.12. The molecule has 0 saturated heterocycles. The van der Waals surface area contributed by atoms with Crippen LogP contribution in [0.15, 0.2) is 72.8 Å². The SMILES string of the molecule is O=C(O)CCc1ccccc1OCc1cccc(Oc2ccccc2F)c1. The Morgan fingerprint density at radius 3 is 2.44 bits per heavy atom. The molecule has 0 aromatic heterocycles. The maximum absolute atomic E-state index is 13.7. The van der Waals surface area contributed by atoms with Crippen LogP contribution in [-0.2, 0) is 17.8 Å². The van der Waals surface area contributed by atoms with Gasteiger partial charge in [-0.3, -0.25) is 4.79 Å². The monoisotopic (exact) mass is 366 g/mol. The topological polar surface area (TPSA) is 55.8 Å². The van der Waals surface area contributed by atoms with Crippen LogP contribution in [0.25, 0.3) is 0 Å². The Morgan fingerprint density at radius 2 is 1.67 bits per heavy atom. The highest BCUT2D eigenvalue weighted by atomic mass is 19.1. The van der Waals surface area contributed by atoms with Gasteiger partial charge in [0, 0.05) is 6.42 Å². The molecule has 0 bridgehead atoms. The second-order valence-corrected chi connectivity index (χ2v) is 5.97. The number of aryl methyl sites for hydroxylation is 1. The lowest BCUT2D eigenvalue weighted by atomic mass is 10.1. The summed E-state index contributed by atoms with van der Waals surface area (Å²) in [5.41, 5.74) is 1.70. The van der Waals surface area contributed by atoms with Crippen molar-refractivity contribution in [2.45, 2.75) is 19.4 Å². The summed E-state index contributed by atoms with van der Waals surface area (Å²) in [5.74, 6) is 0.0587. The Hall–Kier alpha value is -3.34. The molecule has 0 spiro atoms. The zero-order valence-corrected chi connectivity index (χ0v) is 14.6. The van der Waals surface area contributed by atoms with Crippen molar-refractivity contribution in [1.29, 1.82) is 0 Å². The van der Waals surface area contributed by atoms with E-state index >= 15 is 0 Å². The number of carboxylic acids is 1. The van der Waals surface area contributed by atoms with Gasteiger partial charge in [0.05, 0.1) is 0 Å². The highest BCUT2D eigenvalue weighted by molar-refractivity contribution is 5.67. The molecule has 5 heteroatoms. The molecule has 0 amide bonds. The molecule has 138 valence electrons. The van der Waals surface area contributed by atoms with E-state index in [4.69, 9.17) is 14.6 Å². The van der Waals surface area contributed by atoms with E-state index in [1.165, 1.54) is 6.07 Å². The molecule has 0 radical (unpaired) electrons. The third kappa shape index (κ3) is 5.31. The summed E-state index contributed by atoms with van der Waals surface area (Å²) >= 11 is 0. The molecular formula is C22H19FO4. The molecule has 3 aromatic rings. The smallest absolute Gasteiger partial charge is 0.303 e. The maximum atomic E-state index is 13.7. The fourth-order valence-electron chi connectivity index (χ4n) is 2.61. The molecule has 0 heterocycles. The molecular weight excluding hydrogens is 347 g/mol. The number of benzene rings is 3. The first kappa shape index (κ1) is 18.5. The molecule has 0 aliphatic rings. The number of carboxylic acid groups (broad SMARTS) is 1. The van der Waals surface area contributed by atoms with E-state index in [1.807, 2.05) is 36.4 Å². The van der Waals surface area contributed by atoms with Gasteiger partial charge < -0.3 is 14.6 Å². The molecule has 0 saturated carbocycles. The first-order valence-electron chi connectivity index (χ1n) is 8.55. The molecule has 3 rings (SSSR count). The Bertz CT molecular complexity index is 923. The summed E-state index contributed by atoms with van der Waals surface area (Å²) in [7, 11) is 0. The molecule has 0 atom stereocenters. The quantitative estimate of drug-likeness (QED) is 0.594. The van der Waals surface area contributed by atoms with Gasteiger partial charge >= 0.3 is 5.97 Å². The molecule has 27 heavy (non-hydrogen) atoms. The van der Waals surface area contributed by atoms with Crippen LogP contribution in [0.2, 0.25) is 0 Å².